The van der Waals surface area contributed by atoms with Crippen LogP contribution in [-0.2, 0) is 0 Å². The topological polar surface area (TPSA) is 12.0 Å². The van der Waals surface area contributed by atoms with Gasteiger partial charge < -0.3 is 5.32 Å². The first-order valence-electron chi connectivity index (χ1n) is 9.68. The first kappa shape index (κ1) is 12.5. The highest BCUT2D eigenvalue weighted by molar-refractivity contribution is 5.09. The molecule has 20 heavy (non-hydrogen) atoms. The molecule has 4 aliphatic carbocycles. The van der Waals surface area contributed by atoms with Crippen molar-refractivity contribution >= 4 is 0 Å². The van der Waals surface area contributed by atoms with Gasteiger partial charge in [-0.05, 0) is 74.0 Å². The second-order valence-corrected chi connectivity index (χ2v) is 8.76. The predicted molar refractivity (Wildman–Crippen MR) is 82.4 cm³/mol. The summed E-state index contributed by atoms with van der Waals surface area (Å²) >= 11 is 0. The number of rotatable bonds is 0. The van der Waals surface area contributed by atoms with E-state index in [0.29, 0.717) is 0 Å². The smallest absolute Gasteiger partial charge is 0.0104 e. The third-order valence-corrected chi connectivity index (χ3v) is 8.11. The highest BCUT2D eigenvalue weighted by Crippen LogP contribution is 2.60. The van der Waals surface area contributed by atoms with E-state index in [1.165, 1.54) is 25.7 Å². The zero-order chi connectivity index (χ0) is 13.1. The Kier molecular flexibility index (Phi) is 2.96. The van der Waals surface area contributed by atoms with E-state index in [4.69, 9.17) is 0 Å². The van der Waals surface area contributed by atoms with Gasteiger partial charge in [0.2, 0.25) is 0 Å². The van der Waals surface area contributed by atoms with Gasteiger partial charge in [-0.2, -0.15) is 0 Å². The van der Waals surface area contributed by atoms with E-state index in [1.807, 2.05) is 0 Å². The Hall–Kier alpha value is -0.0400. The molecule has 1 nitrogen and oxygen atoms in total. The molecule has 1 heterocycles. The largest absolute Gasteiger partial charge is 0.311 e. The average Bonchev–Trinajstić information content (AvgIpc) is 3.04. The fraction of sp³-hybridized carbons (Fsp3) is 1.00. The summed E-state index contributed by atoms with van der Waals surface area (Å²) in [6.07, 6.45) is 17.0. The van der Waals surface area contributed by atoms with Gasteiger partial charge in [0.15, 0.2) is 0 Å². The molecule has 0 aromatic carbocycles. The number of hydrogen-bond acceptors (Lipinski definition) is 1. The predicted octanol–water partition coefficient (Wildman–Crippen LogP) is 4.37. The van der Waals surface area contributed by atoms with Crippen molar-refractivity contribution in [3.63, 3.8) is 0 Å². The Morgan fingerprint density at radius 3 is 2.30 bits per heavy atom. The summed E-state index contributed by atoms with van der Waals surface area (Å²) in [4.78, 5) is 0. The van der Waals surface area contributed by atoms with E-state index in [1.54, 1.807) is 44.9 Å². The standard InChI is InChI=1S/C19H31N/c1-2-6-14-12(5-1)11-13-9-10-17-19(18(13)14)15-7-3-4-8-16(15)20-17/h12-20H,1-11H2. The molecular formula is C19H31N. The van der Waals surface area contributed by atoms with Gasteiger partial charge in [-0.3, -0.25) is 0 Å². The maximum atomic E-state index is 4.10. The minimum atomic E-state index is 0.917. The molecule has 0 amide bonds. The summed E-state index contributed by atoms with van der Waals surface area (Å²) in [5.41, 5.74) is 0. The van der Waals surface area contributed by atoms with E-state index in [9.17, 15) is 0 Å². The van der Waals surface area contributed by atoms with Crippen LogP contribution in [-0.4, -0.2) is 12.1 Å². The number of nitrogens with one attached hydrogen (secondary N) is 1. The maximum Gasteiger partial charge on any atom is 0.0104 e. The molecule has 5 fully saturated rings. The van der Waals surface area contributed by atoms with Gasteiger partial charge in [-0.15, -0.1) is 0 Å². The zero-order valence-corrected chi connectivity index (χ0v) is 12.9. The molecule has 8 unspecified atom stereocenters. The molecular weight excluding hydrogens is 242 g/mol. The molecule has 1 saturated heterocycles. The molecule has 0 spiro atoms. The number of hydrogen-bond donors (Lipinski definition) is 1. The van der Waals surface area contributed by atoms with Crippen LogP contribution in [0.4, 0.5) is 0 Å². The van der Waals surface area contributed by atoms with E-state index in [0.717, 1.165) is 47.6 Å². The van der Waals surface area contributed by atoms with Gasteiger partial charge in [0.1, 0.15) is 0 Å². The molecule has 0 radical (unpaired) electrons. The van der Waals surface area contributed by atoms with Crippen LogP contribution in [0.2, 0.25) is 0 Å². The molecule has 112 valence electrons. The first-order valence-corrected chi connectivity index (χ1v) is 9.68. The summed E-state index contributed by atoms with van der Waals surface area (Å²) in [7, 11) is 0. The van der Waals surface area contributed by atoms with Crippen molar-refractivity contribution in [2.75, 3.05) is 0 Å². The van der Waals surface area contributed by atoms with Gasteiger partial charge in [0, 0.05) is 12.1 Å². The van der Waals surface area contributed by atoms with Crippen LogP contribution in [0.15, 0.2) is 0 Å². The van der Waals surface area contributed by atoms with Crippen LogP contribution in [0.1, 0.15) is 70.6 Å². The van der Waals surface area contributed by atoms with Gasteiger partial charge >= 0.3 is 0 Å². The van der Waals surface area contributed by atoms with Crippen molar-refractivity contribution in [1.82, 2.24) is 5.32 Å². The second kappa shape index (κ2) is 4.73. The minimum absolute atomic E-state index is 0.917. The van der Waals surface area contributed by atoms with Crippen molar-refractivity contribution in [2.45, 2.75) is 82.7 Å². The van der Waals surface area contributed by atoms with Crippen LogP contribution in [0, 0.1) is 35.5 Å². The van der Waals surface area contributed by atoms with E-state index in [-0.39, 0.29) is 0 Å². The van der Waals surface area contributed by atoms with Crippen LogP contribution in [0.25, 0.3) is 0 Å². The summed E-state index contributed by atoms with van der Waals surface area (Å²) in [5, 5.41) is 4.10. The third kappa shape index (κ3) is 1.71. The van der Waals surface area contributed by atoms with Gasteiger partial charge in [-0.1, -0.05) is 32.1 Å². The van der Waals surface area contributed by atoms with Crippen molar-refractivity contribution in [2.24, 2.45) is 35.5 Å². The average molecular weight is 273 g/mol. The lowest BCUT2D eigenvalue weighted by molar-refractivity contribution is 0.0735. The van der Waals surface area contributed by atoms with Gasteiger partial charge in [0.05, 0.1) is 0 Å². The van der Waals surface area contributed by atoms with Crippen molar-refractivity contribution in [3.05, 3.63) is 0 Å². The lowest BCUT2D eigenvalue weighted by Crippen LogP contribution is -2.41. The second-order valence-electron chi connectivity index (χ2n) is 8.76. The minimum Gasteiger partial charge on any atom is -0.311 e. The van der Waals surface area contributed by atoms with Crippen LogP contribution < -0.4 is 5.32 Å². The molecule has 4 saturated carbocycles. The molecule has 5 rings (SSSR count). The Morgan fingerprint density at radius 1 is 0.550 bits per heavy atom. The Balaban J connectivity index is 1.46. The highest BCUT2D eigenvalue weighted by atomic mass is 15.0. The third-order valence-electron chi connectivity index (χ3n) is 8.11. The van der Waals surface area contributed by atoms with E-state index < -0.39 is 0 Å². The lowest BCUT2D eigenvalue weighted by atomic mass is 9.61. The summed E-state index contributed by atoms with van der Waals surface area (Å²) in [6.45, 7) is 0. The highest BCUT2D eigenvalue weighted by Gasteiger charge is 2.56. The van der Waals surface area contributed by atoms with Crippen molar-refractivity contribution < 1.29 is 0 Å². The summed E-state index contributed by atoms with van der Waals surface area (Å²) in [6, 6.07) is 1.84. The zero-order valence-electron chi connectivity index (χ0n) is 12.9. The number of fused-ring (bicyclic) bond motifs is 7. The molecule has 0 aromatic rings. The van der Waals surface area contributed by atoms with Crippen LogP contribution in [0.3, 0.4) is 0 Å². The molecule has 8 atom stereocenters. The van der Waals surface area contributed by atoms with Crippen LogP contribution >= 0.6 is 0 Å². The molecule has 0 aromatic heterocycles. The quantitative estimate of drug-likeness (QED) is 0.691. The Labute approximate surface area is 124 Å². The Bertz CT molecular complexity index is 342. The molecule has 0 bridgehead atoms. The van der Waals surface area contributed by atoms with Crippen molar-refractivity contribution in [1.29, 1.82) is 0 Å². The maximum absolute atomic E-state index is 4.10. The lowest BCUT2D eigenvalue weighted by Gasteiger charge is -2.43. The first-order chi connectivity index (χ1) is 9.92. The summed E-state index contributed by atoms with van der Waals surface area (Å²) < 4.78 is 0. The molecule has 1 heteroatoms. The fourth-order valence-electron chi connectivity index (χ4n) is 7.58. The molecule has 5 aliphatic rings. The van der Waals surface area contributed by atoms with Gasteiger partial charge in [-0.25, -0.2) is 0 Å². The normalized spacial score (nSPS) is 57.6. The van der Waals surface area contributed by atoms with E-state index >= 15 is 0 Å². The molecule has 1 N–H and O–H groups in total. The Morgan fingerprint density at radius 2 is 1.35 bits per heavy atom. The van der Waals surface area contributed by atoms with E-state index in [2.05, 4.69) is 5.32 Å². The van der Waals surface area contributed by atoms with Gasteiger partial charge in [0.25, 0.3) is 0 Å². The van der Waals surface area contributed by atoms with Crippen molar-refractivity contribution in [3.8, 4) is 0 Å². The fourth-order valence-corrected chi connectivity index (χ4v) is 7.58. The van der Waals surface area contributed by atoms with Crippen LogP contribution in [0.5, 0.6) is 0 Å². The molecule has 1 aliphatic heterocycles. The summed E-state index contributed by atoms with van der Waals surface area (Å²) in [5.74, 6) is 6.71. The SMILES string of the molecule is C1CCC2C(C1)CC1CCC3NC4CCCCC4C3C12. The monoisotopic (exact) mass is 273 g/mol.